The standard InChI is InChI=1S/C25H24N2O5/c1-16-6-7-18(17-8-11-26(12-9-17)24(30)31)14-20(16)22(28)27-13-10-25(15-27)21-5-3-2-4-19(21)23(29)32-25/h2-8,14H,9-13,15H2,1H3,(H,30,31)/t25-/m0/s1. The Morgan fingerprint density at radius 2 is 1.91 bits per heavy atom. The number of benzene rings is 2. The number of carbonyl (C=O) groups is 3. The maximum absolute atomic E-state index is 13.5. The van der Waals surface area contributed by atoms with Gasteiger partial charge in [0.2, 0.25) is 0 Å². The van der Waals surface area contributed by atoms with Gasteiger partial charge in [-0.25, -0.2) is 9.59 Å². The van der Waals surface area contributed by atoms with E-state index in [1.165, 1.54) is 4.90 Å². The van der Waals surface area contributed by atoms with Crippen LogP contribution in [0.25, 0.3) is 5.57 Å². The van der Waals surface area contributed by atoms with Crippen LogP contribution in [-0.2, 0) is 10.3 Å². The van der Waals surface area contributed by atoms with E-state index in [2.05, 4.69) is 0 Å². The second kappa shape index (κ2) is 7.51. The molecule has 0 unspecified atom stereocenters. The van der Waals surface area contributed by atoms with E-state index < -0.39 is 11.7 Å². The molecule has 0 bridgehead atoms. The van der Waals surface area contributed by atoms with E-state index in [1.807, 2.05) is 49.4 Å². The van der Waals surface area contributed by atoms with E-state index in [4.69, 9.17) is 9.84 Å². The summed E-state index contributed by atoms with van der Waals surface area (Å²) in [5.74, 6) is -0.405. The van der Waals surface area contributed by atoms with E-state index in [0.717, 1.165) is 22.3 Å². The van der Waals surface area contributed by atoms with Gasteiger partial charge in [-0.2, -0.15) is 0 Å². The lowest BCUT2D eigenvalue weighted by Crippen LogP contribution is -2.35. The number of nitrogens with zero attached hydrogens (tertiary/aromatic N) is 2. The molecule has 1 fully saturated rings. The second-order valence-electron chi connectivity index (χ2n) is 8.64. The number of hydrogen-bond donors (Lipinski definition) is 1. The van der Waals surface area contributed by atoms with Gasteiger partial charge in [-0.3, -0.25) is 4.79 Å². The van der Waals surface area contributed by atoms with Crippen LogP contribution in [-0.4, -0.2) is 59.1 Å². The highest BCUT2D eigenvalue weighted by Gasteiger charge is 2.51. The molecule has 1 N–H and O–H groups in total. The Balaban J connectivity index is 1.39. The van der Waals surface area contributed by atoms with Crippen LogP contribution in [0.3, 0.4) is 0 Å². The number of carboxylic acid groups (broad SMARTS) is 1. The molecule has 1 saturated heterocycles. The molecule has 1 spiro atoms. The first-order valence-electron chi connectivity index (χ1n) is 10.8. The predicted molar refractivity (Wildman–Crippen MR) is 117 cm³/mol. The third-order valence-electron chi connectivity index (χ3n) is 6.76. The van der Waals surface area contributed by atoms with E-state index >= 15 is 0 Å². The SMILES string of the molecule is Cc1ccc(C2=CCN(C(=O)O)CC2)cc1C(=O)N1CC[C@@]2(C1)OC(=O)c1ccccc12. The summed E-state index contributed by atoms with van der Waals surface area (Å²) in [4.78, 5) is 40.1. The number of hydrogen-bond acceptors (Lipinski definition) is 4. The van der Waals surface area contributed by atoms with Gasteiger partial charge in [0.1, 0.15) is 0 Å². The van der Waals surface area contributed by atoms with Gasteiger partial charge in [-0.15, -0.1) is 0 Å². The number of fused-ring (bicyclic) bond motifs is 2. The van der Waals surface area contributed by atoms with E-state index in [1.54, 1.807) is 11.0 Å². The first-order chi connectivity index (χ1) is 15.4. The second-order valence-corrected chi connectivity index (χ2v) is 8.64. The summed E-state index contributed by atoms with van der Waals surface area (Å²) in [6.45, 7) is 3.56. The van der Waals surface area contributed by atoms with Gasteiger partial charge in [0.05, 0.1) is 12.1 Å². The lowest BCUT2D eigenvalue weighted by Gasteiger charge is -2.25. The van der Waals surface area contributed by atoms with Crippen molar-refractivity contribution in [2.45, 2.75) is 25.4 Å². The average Bonchev–Trinajstić information content (AvgIpc) is 3.35. The molecule has 32 heavy (non-hydrogen) atoms. The summed E-state index contributed by atoms with van der Waals surface area (Å²) in [6, 6.07) is 13.2. The molecule has 2 amide bonds. The van der Waals surface area contributed by atoms with Gasteiger partial charge < -0.3 is 19.6 Å². The van der Waals surface area contributed by atoms with Crippen molar-refractivity contribution in [3.63, 3.8) is 0 Å². The molecule has 0 aromatic heterocycles. The van der Waals surface area contributed by atoms with E-state index in [0.29, 0.717) is 50.1 Å². The molecule has 7 nitrogen and oxygen atoms in total. The maximum Gasteiger partial charge on any atom is 0.407 e. The first kappa shape index (κ1) is 20.3. The van der Waals surface area contributed by atoms with Gasteiger partial charge in [-0.05, 0) is 42.2 Å². The quantitative estimate of drug-likeness (QED) is 0.732. The largest absolute Gasteiger partial charge is 0.465 e. The third kappa shape index (κ3) is 3.25. The summed E-state index contributed by atoms with van der Waals surface area (Å²) >= 11 is 0. The van der Waals surface area contributed by atoms with E-state index in [9.17, 15) is 14.4 Å². The van der Waals surface area contributed by atoms with Crippen molar-refractivity contribution >= 4 is 23.5 Å². The number of likely N-dealkylation sites (tertiary alicyclic amines) is 1. The fourth-order valence-electron chi connectivity index (χ4n) is 4.93. The minimum absolute atomic E-state index is 0.0785. The molecule has 164 valence electrons. The van der Waals surface area contributed by atoms with Crippen LogP contribution in [0.5, 0.6) is 0 Å². The Morgan fingerprint density at radius 3 is 2.66 bits per heavy atom. The molecule has 0 aliphatic carbocycles. The Labute approximate surface area is 185 Å². The zero-order valence-electron chi connectivity index (χ0n) is 17.8. The van der Waals surface area contributed by atoms with Crippen LogP contribution in [0, 0.1) is 6.92 Å². The molecule has 7 heteroatoms. The van der Waals surface area contributed by atoms with Crippen LogP contribution in [0.1, 0.15) is 50.2 Å². The van der Waals surface area contributed by atoms with Crippen molar-refractivity contribution in [2.75, 3.05) is 26.2 Å². The lowest BCUT2D eigenvalue weighted by molar-refractivity contribution is -0.00307. The minimum Gasteiger partial charge on any atom is -0.465 e. The number of amides is 2. The number of ether oxygens (including phenoxy) is 1. The number of aryl methyl sites for hydroxylation is 1. The van der Waals surface area contributed by atoms with Crippen LogP contribution in [0.15, 0.2) is 48.5 Å². The summed E-state index contributed by atoms with van der Waals surface area (Å²) < 4.78 is 5.78. The van der Waals surface area contributed by atoms with Gasteiger partial charge in [0.25, 0.3) is 5.91 Å². The molecule has 3 aliphatic rings. The zero-order chi connectivity index (χ0) is 22.5. The van der Waals surface area contributed by atoms with Crippen molar-refractivity contribution in [3.05, 3.63) is 76.4 Å². The Bertz CT molecular complexity index is 1170. The van der Waals surface area contributed by atoms with Gasteiger partial charge in [-0.1, -0.05) is 36.4 Å². The number of rotatable bonds is 2. The molecule has 3 aliphatic heterocycles. The number of carbonyl (C=O) groups excluding carboxylic acids is 2. The Kier molecular flexibility index (Phi) is 4.77. The number of esters is 1. The Morgan fingerprint density at radius 1 is 1.09 bits per heavy atom. The molecule has 0 radical (unpaired) electrons. The van der Waals surface area contributed by atoms with Crippen molar-refractivity contribution < 1.29 is 24.2 Å². The molecule has 1 atom stereocenters. The summed E-state index contributed by atoms with van der Waals surface area (Å²) in [7, 11) is 0. The predicted octanol–water partition coefficient (Wildman–Crippen LogP) is 3.67. The lowest BCUT2D eigenvalue weighted by atomic mass is 9.91. The van der Waals surface area contributed by atoms with Gasteiger partial charge >= 0.3 is 12.1 Å². The Hall–Kier alpha value is -3.61. The molecule has 5 rings (SSSR count). The molecule has 0 saturated carbocycles. The smallest absolute Gasteiger partial charge is 0.407 e. The fourth-order valence-corrected chi connectivity index (χ4v) is 4.93. The minimum atomic E-state index is -0.919. The normalized spacial score (nSPS) is 22.0. The van der Waals surface area contributed by atoms with Crippen molar-refractivity contribution in [2.24, 2.45) is 0 Å². The van der Waals surface area contributed by atoms with Crippen LogP contribution in [0.2, 0.25) is 0 Å². The third-order valence-corrected chi connectivity index (χ3v) is 6.76. The highest BCUT2D eigenvalue weighted by Crippen LogP contribution is 2.43. The monoisotopic (exact) mass is 432 g/mol. The highest BCUT2D eigenvalue weighted by atomic mass is 16.6. The highest BCUT2D eigenvalue weighted by molar-refractivity contribution is 5.98. The van der Waals surface area contributed by atoms with Crippen molar-refractivity contribution in [1.82, 2.24) is 9.80 Å². The van der Waals surface area contributed by atoms with Crippen LogP contribution >= 0.6 is 0 Å². The molecule has 3 heterocycles. The van der Waals surface area contributed by atoms with Gasteiger partial charge in [0, 0.05) is 37.2 Å². The molecule has 2 aromatic carbocycles. The maximum atomic E-state index is 13.5. The molecular formula is C25H24N2O5. The van der Waals surface area contributed by atoms with Gasteiger partial charge in [0.15, 0.2) is 5.60 Å². The summed E-state index contributed by atoms with van der Waals surface area (Å²) in [6.07, 6.45) is 2.19. The summed E-state index contributed by atoms with van der Waals surface area (Å²) in [5, 5.41) is 9.15. The fraction of sp³-hybridized carbons (Fsp3) is 0.320. The topological polar surface area (TPSA) is 87.2 Å². The van der Waals surface area contributed by atoms with Crippen molar-refractivity contribution in [1.29, 1.82) is 0 Å². The average molecular weight is 432 g/mol. The van der Waals surface area contributed by atoms with E-state index in [-0.39, 0.29) is 11.9 Å². The first-order valence-corrected chi connectivity index (χ1v) is 10.8. The van der Waals surface area contributed by atoms with Crippen LogP contribution < -0.4 is 0 Å². The molecular weight excluding hydrogens is 408 g/mol. The van der Waals surface area contributed by atoms with Crippen molar-refractivity contribution in [3.8, 4) is 0 Å². The molecule has 2 aromatic rings. The van der Waals surface area contributed by atoms with Crippen LogP contribution in [0.4, 0.5) is 4.79 Å². The zero-order valence-corrected chi connectivity index (χ0v) is 17.8. The summed E-state index contributed by atoms with van der Waals surface area (Å²) in [5.41, 5.74) is 4.18.